The number of aryl methyl sites for hydroxylation is 1. The van der Waals surface area contributed by atoms with Crippen LogP contribution in [0.2, 0.25) is 0 Å². The maximum Gasteiger partial charge on any atom is 0.272 e. The first-order valence-corrected chi connectivity index (χ1v) is 11.6. The highest BCUT2D eigenvalue weighted by atomic mass is 19.1. The van der Waals surface area contributed by atoms with Gasteiger partial charge in [0.15, 0.2) is 0 Å². The Hall–Kier alpha value is -3.92. The van der Waals surface area contributed by atoms with E-state index in [1.165, 1.54) is 12.1 Å². The van der Waals surface area contributed by atoms with E-state index in [-0.39, 0.29) is 23.7 Å². The summed E-state index contributed by atoms with van der Waals surface area (Å²) in [7, 11) is 0. The Morgan fingerprint density at radius 3 is 2.66 bits per heavy atom. The molecule has 3 heterocycles. The SMILES string of the molecule is O=C(CCc1nc(-c2ccc(F)cc2)no1)N1CCCN(Cc2n[nH]c(=O)c3ccccc23)CC1. The first kappa shape index (κ1) is 22.9. The Labute approximate surface area is 200 Å². The number of H-pyrrole nitrogens is 1. The number of fused-ring (bicyclic) bond motifs is 1. The number of nitrogens with zero attached hydrogens (tertiary/aromatic N) is 5. The number of hydrogen-bond donors (Lipinski definition) is 1. The molecule has 0 bridgehead atoms. The molecule has 1 N–H and O–H groups in total. The molecule has 0 saturated carbocycles. The van der Waals surface area contributed by atoms with E-state index in [0.717, 1.165) is 30.6 Å². The average Bonchev–Trinajstić information content (AvgIpc) is 3.23. The van der Waals surface area contributed by atoms with E-state index >= 15 is 0 Å². The zero-order valence-electron chi connectivity index (χ0n) is 19.1. The number of halogens is 1. The van der Waals surface area contributed by atoms with Crippen LogP contribution in [-0.2, 0) is 17.8 Å². The lowest BCUT2D eigenvalue weighted by Crippen LogP contribution is -2.35. The first-order chi connectivity index (χ1) is 17.1. The number of aromatic amines is 1. The molecule has 1 amide bonds. The van der Waals surface area contributed by atoms with E-state index in [9.17, 15) is 14.0 Å². The molecule has 1 fully saturated rings. The molecule has 2 aromatic heterocycles. The number of rotatable bonds is 6. The third-order valence-corrected chi connectivity index (χ3v) is 6.21. The second-order valence-corrected chi connectivity index (χ2v) is 8.57. The highest BCUT2D eigenvalue weighted by Crippen LogP contribution is 2.18. The van der Waals surface area contributed by atoms with Gasteiger partial charge in [0, 0.05) is 56.5 Å². The fourth-order valence-electron chi connectivity index (χ4n) is 4.33. The lowest BCUT2D eigenvalue weighted by atomic mass is 10.1. The van der Waals surface area contributed by atoms with E-state index in [1.54, 1.807) is 18.2 Å². The molecule has 0 atom stereocenters. The van der Waals surface area contributed by atoms with Gasteiger partial charge in [0.2, 0.25) is 17.6 Å². The van der Waals surface area contributed by atoms with Crippen molar-refractivity contribution in [2.24, 2.45) is 0 Å². The normalized spacial score (nSPS) is 14.8. The van der Waals surface area contributed by atoms with Crippen LogP contribution in [0.1, 0.15) is 24.4 Å². The van der Waals surface area contributed by atoms with E-state index < -0.39 is 0 Å². The Bertz CT molecular complexity index is 1380. The van der Waals surface area contributed by atoms with E-state index in [0.29, 0.717) is 48.7 Å². The van der Waals surface area contributed by atoms with Gasteiger partial charge in [-0.1, -0.05) is 23.4 Å². The number of amides is 1. The molecule has 1 saturated heterocycles. The van der Waals surface area contributed by atoms with Crippen LogP contribution in [0.25, 0.3) is 22.2 Å². The van der Waals surface area contributed by atoms with Crippen molar-refractivity contribution in [3.05, 3.63) is 76.3 Å². The summed E-state index contributed by atoms with van der Waals surface area (Å²) in [4.78, 5) is 33.3. The summed E-state index contributed by atoms with van der Waals surface area (Å²) in [5, 5.41) is 12.3. The molecule has 180 valence electrons. The van der Waals surface area contributed by atoms with Crippen molar-refractivity contribution in [2.45, 2.75) is 25.8 Å². The lowest BCUT2D eigenvalue weighted by molar-refractivity contribution is -0.131. The predicted molar refractivity (Wildman–Crippen MR) is 127 cm³/mol. The molecular formula is C25H25FN6O3. The van der Waals surface area contributed by atoms with Crippen molar-refractivity contribution in [3.8, 4) is 11.4 Å². The van der Waals surface area contributed by atoms with Crippen molar-refractivity contribution >= 4 is 16.7 Å². The minimum absolute atomic E-state index is 0.0426. The summed E-state index contributed by atoms with van der Waals surface area (Å²) in [6.45, 7) is 3.46. The summed E-state index contributed by atoms with van der Waals surface area (Å²) in [6, 6.07) is 13.3. The van der Waals surface area contributed by atoms with Gasteiger partial charge in [-0.05, 0) is 36.8 Å². The van der Waals surface area contributed by atoms with Gasteiger partial charge in [-0.25, -0.2) is 9.49 Å². The van der Waals surface area contributed by atoms with Gasteiger partial charge < -0.3 is 9.42 Å². The standard InChI is InChI=1S/C25H25FN6O3/c26-18-8-6-17(7-9-18)24-27-22(35-30-24)10-11-23(33)32-13-3-12-31(14-15-32)16-21-19-4-1-2-5-20(19)25(34)29-28-21/h1-2,4-9H,3,10-16H2,(H,29,34). The van der Waals surface area contributed by atoms with Crippen molar-refractivity contribution < 1.29 is 13.7 Å². The molecule has 0 unspecified atom stereocenters. The van der Waals surface area contributed by atoms with Gasteiger partial charge in [-0.2, -0.15) is 10.1 Å². The van der Waals surface area contributed by atoms with E-state index in [2.05, 4.69) is 25.2 Å². The van der Waals surface area contributed by atoms with Crippen LogP contribution in [0.15, 0.2) is 57.8 Å². The summed E-state index contributed by atoms with van der Waals surface area (Å²) >= 11 is 0. The molecule has 35 heavy (non-hydrogen) atoms. The number of benzene rings is 2. The number of aromatic nitrogens is 4. The first-order valence-electron chi connectivity index (χ1n) is 11.6. The van der Waals surface area contributed by atoms with Crippen LogP contribution in [0, 0.1) is 5.82 Å². The van der Waals surface area contributed by atoms with Crippen LogP contribution >= 0.6 is 0 Å². The van der Waals surface area contributed by atoms with Crippen LogP contribution in [-0.4, -0.2) is 62.2 Å². The molecular weight excluding hydrogens is 451 g/mol. The van der Waals surface area contributed by atoms with E-state index in [4.69, 9.17) is 4.52 Å². The molecule has 2 aromatic carbocycles. The van der Waals surface area contributed by atoms with Gasteiger partial charge >= 0.3 is 0 Å². The molecule has 9 nitrogen and oxygen atoms in total. The van der Waals surface area contributed by atoms with E-state index in [1.807, 2.05) is 23.1 Å². The minimum atomic E-state index is -0.331. The monoisotopic (exact) mass is 476 g/mol. The third-order valence-electron chi connectivity index (χ3n) is 6.21. The molecule has 0 aliphatic carbocycles. The summed E-state index contributed by atoms with van der Waals surface area (Å²) < 4.78 is 18.4. The molecule has 4 aromatic rings. The van der Waals surface area contributed by atoms with Gasteiger partial charge in [-0.3, -0.25) is 14.5 Å². The molecule has 5 rings (SSSR count). The Balaban J connectivity index is 1.16. The smallest absolute Gasteiger partial charge is 0.272 e. The van der Waals surface area contributed by atoms with Crippen LogP contribution in [0.4, 0.5) is 4.39 Å². The minimum Gasteiger partial charge on any atom is -0.341 e. The Kier molecular flexibility index (Phi) is 6.62. The van der Waals surface area contributed by atoms with Crippen LogP contribution in [0.3, 0.4) is 0 Å². The fourth-order valence-corrected chi connectivity index (χ4v) is 4.33. The van der Waals surface area contributed by atoms with Gasteiger partial charge in [0.05, 0.1) is 11.1 Å². The molecule has 1 aliphatic rings. The number of nitrogens with one attached hydrogen (secondary N) is 1. The Morgan fingerprint density at radius 2 is 1.83 bits per heavy atom. The average molecular weight is 477 g/mol. The topological polar surface area (TPSA) is 108 Å². The van der Waals surface area contributed by atoms with Crippen molar-refractivity contribution in [3.63, 3.8) is 0 Å². The molecule has 10 heteroatoms. The summed E-state index contributed by atoms with van der Waals surface area (Å²) in [6.07, 6.45) is 1.47. The van der Waals surface area contributed by atoms with Crippen molar-refractivity contribution in [2.75, 3.05) is 26.2 Å². The van der Waals surface area contributed by atoms with Crippen molar-refractivity contribution in [1.29, 1.82) is 0 Å². The zero-order valence-corrected chi connectivity index (χ0v) is 19.1. The van der Waals surface area contributed by atoms with Gasteiger partial charge in [0.1, 0.15) is 5.82 Å². The number of hydrogen-bond acceptors (Lipinski definition) is 7. The second kappa shape index (κ2) is 10.1. The van der Waals surface area contributed by atoms with Crippen LogP contribution in [0.5, 0.6) is 0 Å². The second-order valence-electron chi connectivity index (χ2n) is 8.57. The summed E-state index contributed by atoms with van der Waals surface area (Å²) in [5.41, 5.74) is 1.29. The fraction of sp³-hybridized carbons (Fsp3) is 0.320. The third kappa shape index (κ3) is 5.27. The quantitative estimate of drug-likeness (QED) is 0.456. The number of carbonyl (C=O) groups excluding carboxylic acids is 1. The maximum absolute atomic E-state index is 13.1. The number of carbonyl (C=O) groups is 1. The predicted octanol–water partition coefficient (Wildman–Crippen LogP) is 2.78. The Morgan fingerprint density at radius 1 is 1.03 bits per heavy atom. The summed E-state index contributed by atoms with van der Waals surface area (Å²) in [5.74, 6) is 0.467. The molecule has 0 spiro atoms. The maximum atomic E-state index is 13.1. The largest absolute Gasteiger partial charge is 0.341 e. The highest BCUT2D eigenvalue weighted by Gasteiger charge is 2.21. The zero-order chi connectivity index (χ0) is 24.2. The lowest BCUT2D eigenvalue weighted by Gasteiger charge is -2.22. The molecule has 0 radical (unpaired) electrons. The highest BCUT2D eigenvalue weighted by molar-refractivity contribution is 5.83. The van der Waals surface area contributed by atoms with Crippen LogP contribution < -0.4 is 5.56 Å². The molecule has 1 aliphatic heterocycles. The van der Waals surface area contributed by atoms with Gasteiger partial charge in [0.25, 0.3) is 5.56 Å². The van der Waals surface area contributed by atoms with Gasteiger partial charge in [-0.15, -0.1) is 0 Å². The van der Waals surface area contributed by atoms with Crippen molar-refractivity contribution in [1.82, 2.24) is 30.1 Å².